The zero-order valence-corrected chi connectivity index (χ0v) is 22.1. The molecule has 0 aromatic heterocycles. The van der Waals surface area contributed by atoms with Gasteiger partial charge in [0, 0.05) is 18.6 Å². The molecule has 0 saturated carbocycles. The molecule has 2 aromatic rings. The van der Waals surface area contributed by atoms with Crippen LogP contribution in [0.25, 0.3) is 0 Å². The van der Waals surface area contributed by atoms with E-state index in [2.05, 4.69) is 9.62 Å². The van der Waals surface area contributed by atoms with E-state index in [0.29, 0.717) is 42.6 Å². The lowest BCUT2D eigenvalue weighted by atomic mass is 10.1. The molecule has 37 heavy (non-hydrogen) atoms. The number of carbonyl (C=O) groups excluding carboxylic acids is 2. The van der Waals surface area contributed by atoms with Crippen LogP contribution in [0.1, 0.15) is 71.3 Å². The Labute approximate surface area is 217 Å². The first-order valence-electron chi connectivity index (χ1n) is 12.7. The van der Waals surface area contributed by atoms with Crippen molar-refractivity contribution in [1.82, 2.24) is 14.5 Å². The third-order valence-electron chi connectivity index (χ3n) is 7.09. The topological polar surface area (TPSA) is 96.0 Å². The van der Waals surface area contributed by atoms with E-state index in [0.717, 1.165) is 19.4 Å². The van der Waals surface area contributed by atoms with Gasteiger partial charge in [0.15, 0.2) is 11.6 Å². The molecule has 10 heteroatoms. The van der Waals surface area contributed by atoms with Crippen LogP contribution >= 0.6 is 0 Å². The quantitative estimate of drug-likeness (QED) is 0.331. The number of imide groups is 1. The highest BCUT2D eigenvalue weighted by Gasteiger charge is 2.34. The lowest BCUT2D eigenvalue weighted by Crippen LogP contribution is -2.31. The molecular formula is C27H34FN3O5S. The smallest absolute Gasteiger partial charge is 0.261 e. The van der Waals surface area contributed by atoms with E-state index in [1.807, 2.05) is 7.05 Å². The second kappa shape index (κ2) is 11.7. The number of carbonyl (C=O) groups is 2. The molecule has 1 saturated heterocycles. The van der Waals surface area contributed by atoms with Crippen molar-refractivity contribution in [3.63, 3.8) is 0 Å². The van der Waals surface area contributed by atoms with Crippen molar-refractivity contribution in [2.24, 2.45) is 0 Å². The summed E-state index contributed by atoms with van der Waals surface area (Å²) in [4.78, 5) is 28.2. The van der Waals surface area contributed by atoms with E-state index in [-0.39, 0.29) is 35.9 Å². The number of sulfonamides is 1. The number of hydrogen-bond donors (Lipinski definition) is 1. The molecule has 2 amide bonds. The zero-order valence-electron chi connectivity index (χ0n) is 21.3. The molecule has 1 unspecified atom stereocenters. The van der Waals surface area contributed by atoms with Gasteiger partial charge in [0.1, 0.15) is 6.61 Å². The van der Waals surface area contributed by atoms with Crippen molar-refractivity contribution in [2.75, 3.05) is 32.5 Å². The summed E-state index contributed by atoms with van der Waals surface area (Å²) in [5.41, 5.74) is 1.44. The second-order valence-corrected chi connectivity index (χ2v) is 11.7. The molecule has 1 fully saturated rings. The van der Waals surface area contributed by atoms with Crippen molar-refractivity contribution in [3.8, 4) is 5.75 Å². The number of likely N-dealkylation sites (N-methyl/N-ethyl adjacent to an activating group) is 1. The summed E-state index contributed by atoms with van der Waals surface area (Å²) in [5, 5.41) is 0. The van der Waals surface area contributed by atoms with Gasteiger partial charge in [0.2, 0.25) is 10.0 Å². The van der Waals surface area contributed by atoms with Crippen molar-refractivity contribution < 1.29 is 27.1 Å². The maximum Gasteiger partial charge on any atom is 0.261 e. The normalized spacial score (nSPS) is 18.9. The summed E-state index contributed by atoms with van der Waals surface area (Å²) < 4.78 is 47.9. The van der Waals surface area contributed by atoms with Crippen LogP contribution in [0.4, 0.5) is 4.39 Å². The number of nitrogens with one attached hydrogen (secondary N) is 1. The molecular weight excluding hydrogens is 497 g/mol. The number of ether oxygens (including phenoxy) is 1. The van der Waals surface area contributed by atoms with Gasteiger partial charge >= 0.3 is 0 Å². The summed E-state index contributed by atoms with van der Waals surface area (Å²) in [6.07, 6.45) is 3.55. The molecule has 4 rings (SSSR count). The number of benzene rings is 2. The molecule has 2 aliphatic heterocycles. The Bertz CT molecular complexity index is 1220. The standard InChI is InChI=1S/C27H34FN3O5S/c1-19(20-12-13-24(28)25(17-20)36-18-21-9-8-14-30(21)2)29-37(34,35)16-7-3-6-15-31-26(32)22-10-4-5-11-23(22)27(31)33/h4-5,10-13,17,19,21,29H,3,6-9,14-16,18H2,1-2H3/t19-,21?/m1/s1. The monoisotopic (exact) mass is 531 g/mol. The SMILES string of the molecule is C[C@@H](NS(=O)(=O)CCCCCN1C(=O)c2ccccc2C1=O)c1ccc(F)c(OCC2CCCN2C)c1. The Kier molecular flexibility index (Phi) is 8.61. The van der Waals surface area contributed by atoms with Crippen molar-refractivity contribution in [2.45, 2.75) is 51.1 Å². The molecule has 200 valence electrons. The molecule has 0 aliphatic carbocycles. The Morgan fingerprint density at radius 2 is 1.78 bits per heavy atom. The first kappa shape index (κ1) is 27.2. The lowest BCUT2D eigenvalue weighted by Gasteiger charge is -2.21. The van der Waals surface area contributed by atoms with Crippen LogP contribution in [0.3, 0.4) is 0 Å². The van der Waals surface area contributed by atoms with E-state index >= 15 is 0 Å². The molecule has 2 aliphatic rings. The van der Waals surface area contributed by atoms with Crippen LogP contribution in [0, 0.1) is 5.82 Å². The number of halogens is 1. The van der Waals surface area contributed by atoms with Crippen LogP contribution in [-0.4, -0.2) is 68.6 Å². The maximum atomic E-state index is 14.3. The fraction of sp³-hybridized carbons (Fsp3) is 0.481. The minimum absolute atomic E-state index is 0.0853. The number of likely N-dealkylation sites (tertiary alicyclic amines) is 1. The van der Waals surface area contributed by atoms with Crippen molar-refractivity contribution >= 4 is 21.8 Å². The van der Waals surface area contributed by atoms with Crippen molar-refractivity contribution in [1.29, 1.82) is 0 Å². The minimum Gasteiger partial charge on any atom is -0.489 e. The average molecular weight is 532 g/mol. The van der Waals surface area contributed by atoms with Gasteiger partial charge in [-0.3, -0.25) is 14.5 Å². The van der Waals surface area contributed by atoms with Gasteiger partial charge in [0.25, 0.3) is 11.8 Å². The second-order valence-electron chi connectivity index (χ2n) is 9.80. The summed E-state index contributed by atoms with van der Waals surface area (Å²) in [5.74, 6) is -1.05. The van der Waals surface area contributed by atoms with Gasteiger partial charge in [-0.05, 0) is 76.0 Å². The van der Waals surface area contributed by atoms with E-state index in [1.165, 1.54) is 11.0 Å². The number of hydrogen-bond acceptors (Lipinski definition) is 6. The van der Waals surface area contributed by atoms with E-state index in [9.17, 15) is 22.4 Å². The molecule has 1 N–H and O–H groups in total. The highest BCUT2D eigenvalue weighted by molar-refractivity contribution is 7.89. The maximum absolute atomic E-state index is 14.3. The minimum atomic E-state index is -3.59. The van der Waals surface area contributed by atoms with Gasteiger partial charge in [-0.1, -0.05) is 24.6 Å². The molecule has 0 bridgehead atoms. The fourth-order valence-corrected chi connectivity index (χ4v) is 6.23. The highest BCUT2D eigenvalue weighted by atomic mass is 32.2. The molecule has 8 nitrogen and oxygen atoms in total. The van der Waals surface area contributed by atoms with Crippen LogP contribution in [0.5, 0.6) is 5.75 Å². The predicted molar refractivity (Wildman–Crippen MR) is 139 cm³/mol. The molecule has 0 radical (unpaired) electrons. The van der Waals surface area contributed by atoms with Crippen molar-refractivity contribution in [3.05, 3.63) is 65.0 Å². The predicted octanol–water partition coefficient (Wildman–Crippen LogP) is 3.75. The largest absolute Gasteiger partial charge is 0.489 e. The molecule has 2 aromatic carbocycles. The summed E-state index contributed by atoms with van der Waals surface area (Å²) in [6, 6.07) is 10.8. The first-order chi connectivity index (χ1) is 17.7. The summed E-state index contributed by atoms with van der Waals surface area (Å²) >= 11 is 0. The van der Waals surface area contributed by atoms with Gasteiger partial charge < -0.3 is 9.64 Å². The third kappa shape index (κ3) is 6.55. The van der Waals surface area contributed by atoms with Crippen LogP contribution in [-0.2, 0) is 10.0 Å². The Hall–Kier alpha value is -2.82. The average Bonchev–Trinajstić information content (AvgIpc) is 3.38. The van der Waals surface area contributed by atoms with Crippen LogP contribution in [0.15, 0.2) is 42.5 Å². The van der Waals surface area contributed by atoms with E-state index in [1.54, 1.807) is 43.3 Å². The van der Waals surface area contributed by atoms with Gasteiger partial charge in [-0.2, -0.15) is 0 Å². The van der Waals surface area contributed by atoms with Gasteiger partial charge in [-0.25, -0.2) is 17.5 Å². The van der Waals surface area contributed by atoms with E-state index < -0.39 is 21.9 Å². The Morgan fingerprint density at radius 3 is 2.43 bits per heavy atom. The number of nitrogens with zero attached hydrogens (tertiary/aromatic N) is 2. The highest BCUT2D eigenvalue weighted by Crippen LogP contribution is 2.26. The molecule has 2 heterocycles. The third-order valence-corrected chi connectivity index (χ3v) is 8.63. The van der Waals surface area contributed by atoms with E-state index in [4.69, 9.17) is 4.74 Å². The lowest BCUT2D eigenvalue weighted by molar-refractivity contribution is 0.0651. The van der Waals surface area contributed by atoms with Gasteiger partial charge in [-0.15, -0.1) is 0 Å². The Morgan fingerprint density at radius 1 is 1.08 bits per heavy atom. The summed E-state index contributed by atoms with van der Waals surface area (Å²) in [6.45, 7) is 3.35. The fourth-order valence-electron chi connectivity index (χ4n) is 4.85. The number of rotatable bonds is 12. The summed E-state index contributed by atoms with van der Waals surface area (Å²) in [7, 11) is -1.57. The number of amides is 2. The van der Waals surface area contributed by atoms with Gasteiger partial charge in [0.05, 0.1) is 16.9 Å². The number of unbranched alkanes of at least 4 members (excludes halogenated alkanes) is 2. The molecule has 0 spiro atoms. The van der Waals surface area contributed by atoms with Crippen LogP contribution in [0.2, 0.25) is 0 Å². The first-order valence-corrected chi connectivity index (χ1v) is 14.4. The Balaban J connectivity index is 1.22. The number of fused-ring (bicyclic) bond motifs is 1. The molecule has 2 atom stereocenters. The van der Waals surface area contributed by atoms with Crippen LogP contribution < -0.4 is 9.46 Å². The zero-order chi connectivity index (χ0) is 26.6.